The fourth-order valence-corrected chi connectivity index (χ4v) is 2.12. The number of nitrogens with one attached hydrogen (secondary N) is 2. The molecule has 19 heavy (non-hydrogen) atoms. The van der Waals surface area contributed by atoms with Crippen molar-refractivity contribution in [2.75, 3.05) is 17.2 Å². The molecule has 0 fully saturated rings. The normalized spacial score (nSPS) is 12.2. The summed E-state index contributed by atoms with van der Waals surface area (Å²) in [7, 11) is 0. The lowest BCUT2D eigenvalue weighted by Crippen LogP contribution is -2.15. The maximum atomic E-state index is 4.28. The second-order valence-electron chi connectivity index (χ2n) is 5.28. The fraction of sp³-hybridized carbons (Fsp3) is 0.688. The molecule has 1 unspecified atom stereocenters. The van der Waals surface area contributed by atoms with Crippen LogP contribution in [0.25, 0.3) is 0 Å². The first-order chi connectivity index (χ1) is 9.26. The van der Waals surface area contributed by atoms with Crippen LogP contribution in [0.4, 0.5) is 11.4 Å². The van der Waals surface area contributed by atoms with Crippen LogP contribution in [0.1, 0.15) is 59.3 Å². The van der Waals surface area contributed by atoms with Gasteiger partial charge in [-0.25, -0.2) is 0 Å². The Morgan fingerprint density at radius 1 is 1.05 bits per heavy atom. The number of unbranched alkanes of at least 4 members (excludes halogenated alkanes) is 3. The second-order valence-corrected chi connectivity index (χ2v) is 5.28. The van der Waals surface area contributed by atoms with Crippen LogP contribution in [0.5, 0.6) is 0 Å². The summed E-state index contributed by atoms with van der Waals surface area (Å²) in [5, 5.41) is 6.90. The van der Waals surface area contributed by atoms with E-state index in [1.165, 1.54) is 32.1 Å². The van der Waals surface area contributed by atoms with E-state index in [2.05, 4.69) is 42.5 Å². The van der Waals surface area contributed by atoms with Gasteiger partial charge in [0.1, 0.15) is 0 Å². The molecule has 0 bridgehead atoms. The summed E-state index contributed by atoms with van der Waals surface area (Å²) < 4.78 is 0. The molecule has 3 heteroatoms. The lowest BCUT2D eigenvalue weighted by Gasteiger charge is -2.15. The van der Waals surface area contributed by atoms with E-state index in [4.69, 9.17) is 0 Å². The monoisotopic (exact) mass is 263 g/mol. The largest absolute Gasteiger partial charge is 0.384 e. The first-order valence-electron chi connectivity index (χ1n) is 7.71. The zero-order chi connectivity index (χ0) is 13.9. The smallest absolute Gasteiger partial charge is 0.0549 e. The molecule has 0 saturated carbocycles. The van der Waals surface area contributed by atoms with E-state index in [0.717, 1.165) is 24.3 Å². The Morgan fingerprint density at radius 3 is 2.58 bits per heavy atom. The average molecular weight is 263 g/mol. The maximum Gasteiger partial charge on any atom is 0.0549 e. The second kappa shape index (κ2) is 9.65. The molecule has 1 aromatic rings. The highest BCUT2D eigenvalue weighted by molar-refractivity contribution is 5.54. The van der Waals surface area contributed by atoms with E-state index < -0.39 is 0 Å². The Kier molecular flexibility index (Phi) is 8.03. The molecule has 1 heterocycles. The van der Waals surface area contributed by atoms with Crippen molar-refractivity contribution in [3.05, 3.63) is 18.5 Å². The molecule has 0 aliphatic carbocycles. The first kappa shape index (κ1) is 15.8. The highest BCUT2D eigenvalue weighted by Crippen LogP contribution is 2.15. The molecule has 0 amide bonds. The van der Waals surface area contributed by atoms with Gasteiger partial charge in [0.25, 0.3) is 0 Å². The number of nitrogens with zero attached hydrogens (tertiary/aromatic N) is 1. The number of hydrogen-bond acceptors (Lipinski definition) is 3. The van der Waals surface area contributed by atoms with E-state index in [-0.39, 0.29) is 0 Å². The van der Waals surface area contributed by atoms with Crippen LogP contribution in [0.15, 0.2) is 18.5 Å². The van der Waals surface area contributed by atoms with E-state index >= 15 is 0 Å². The lowest BCUT2D eigenvalue weighted by molar-refractivity contribution is 0.594. The Labute approximate surface area is 118 Å². The SMILES string of the molecule is CCCCCCC(C)Nc1cncc(NCCC)c1. The Morgan fingerprint density at radius 2 is 1.84 bits per heavy atom. The standard InChI is InChI=1S/C16H29N3/c1-4-6-7-8-9-14(3)19-16-11-15(12-17-13-16)18-10-5-2/h11-14,18-19H,4-10H2,1-3H3. The molecule has 3 nitrogen and oxygen atoms in total. The van der Waals surface area contributed by atoms with Crippen LogP contribution in [-0.2, 0) is 0 Å². The average Bonchev–Trinajstić information content (AvgIpc) is 2.42. The van der Waals surface area contributed by atoms with Gasteiger partial charge in [0, 0.05) is 12.6 Å². The molecule has 0 aromatic carbocycles. The molecule has 0 aliphatic heterocycles. The van der Waals surface area contributed by atoms with Crippen molar-refractivity contribution in [1.29, 1.82) is 0 Å². The van der Waals surface area contributed by atoms with Gasteiger partial charge in [-0.2, -0.15) is 0 Å². The molecule has 0 saturated heterocycles. The zero-order valence-electron chi connectivity index (χ0n) is 12.7. The summed E-state index contributed by atoms with van der Waals surface area (Å²) in [5.74, 6) is 0. The highest BCUT2D eigenvalue weighted by Gasteiger charge is 2.03. The van der Waals surface area contributed by atoms with Gasteiger partial charge >= 0.3 is 0 Å². The summed E-state index contributed by atoms with van der Waals surface area (Å²) in [6, 6.07) is 2.66. The van der Waals surface area contributed by atoms with Crippen LogP contribution >= 0.6 is 0 Å². The van der Waals surface area contributed by atoms with Crippen LogP contribution in [0.2, 0.25) is 0 Å². The summed E-state index contributed by atoms with van der Waals surface area (Å²) in [4.78, 5) is 4.28. The van der Waals surface area contributed by atoms with Crippen molar-refractivity contribution in [1.82, 2.24) is 4.98 Å². The number of hydrogen-bond donors (Lipinski definition) is 2. The third kappa shape index (κ3) is 7.04. The van der Waals surface area contributed by atoms with Crippen LogP contribution in [-0.4, -0.2) is 17.6 Å². The highest BCUT2D eigenvalue weighted by atomic mass is 14.9. The molecule has 108 valence electrons. The predicted octanol–water partition coefficient (Wildman–Crippen LogP) is 4.67. The van der Waals surface area contributed by atoms with Crippen LogP contribution in [0.3, 0.4) is 0 Å². The van der Waals surface area contributed by atoms with Crippen molar-refractivity contribution in [3.63, 3.8) is 0 Å². The van der Waals surface area contributed by atoms with Crippen molar-refractivity contribution < 1.29 is 0 Å². The van der Waals surface area contributed by atoms with Gasteiger partial charge in [0.05, 0.1) is 23.8 Å². The third-order valence-corrected chi connectivity index (χ3v) is 3.22. The quantitative estimate of drug-likeness (QED) is 0.602. The zero-order valence-corrected chi connectivity index (χ0v) is 12.7. The molecule has 1 rings (SSSR count). The molecule has 1 atom stereocenters. The van der Waals surface area contributed by atoms with Gasteiger partial charge in [-0.3, -0.25) is 4.98 Å². The van der Waals surface area contributed by atoms with Gasteiger partial charge in [0.15, 0.2) is 0 Å². The molecule has 2 N–H and O–H groups in total. The van der Waals surface area contributed by atoms with Crippen molar-refractivity contribution >= 4 is 11.4 Å². The predicted molar refractivity (Wildman–Crippen MR) is 84.9 cm³/mol. The van der Waals surface area contributed by atoms with Gasteiger partial charge in [0.2, 0.25) is 0 Å². The Balaban J connectivity index is 2.34. The molecule has 0 radical (unpaired) electrons. The molecular weight excluding hydrogens is 234 g/mol. The summed E-state index contributed by atoms with van der Waals surface area (Å²) in [6.07, 6.45) is 11.5. The van der Waals surface area contributed by atoms with Gasteiger partial charge < -0.3 is 10.6 Å². The minimum Gasteiger partial charge on any atom is -0.384 e. The van der Waals surface area contributed by atoms with Gasteiger partial charge in [-0.05, 0) is 25.8 Å². The Hall–Kier alpha value is -1.25. The van der Waals surface area contributed by atoms with E-state index in [1.54, 1.807) is 0 Å². The van der Waals surface area contributed by atoms with E-state index in [9.17, 15) is 0 Å². The third-order valence-electron chi connectivity index (χ3n) is 3.22. The first-order valence-corrected chi connectivity index (χ1v) is 7.71. The van der Waals surface area contributed by atoms with Gasteiger partial charge in [-0.1, -0.05) is 39.5 Å². The van der Waals surface area contributed by atoms with Crippen LogP contribution in [0, 0.1) is 0 Å². The van der Waals surface area contributed by atoms with E-state index in [1.807, 2.05) is 12.4 Å². The molecular formula is C16H29N3. The minimum atomic E-state index is 0.514. The summed E-state index contributed by atoms with van der Waals surface area (Å²) >= 11 is 0. The lowest BCUT2D eigenvalue weighted by atomic mass is 10.1. The topological polar surface area (TPSA) is 37.0 Å². The fourth-order valence-electron chi connectivity index (χ4n) is 2.12. The molecule has 1 aromatic heterocycles. The van der Waals surface area contributed by atoms with E-state index in [0.29, 0.717) is 6.04 Å². The van der Waals surface area contributed by atoms with Crippen molar-refractivity contribution in [2.24, 2.45) is 0 Å². The molecule has 0 spiro atoms. The van der Waals surface area contributed by atoms with Gasteiger partial charge in [-0.15, -0.1) is 0 Å². The summed E-state index contributed by atoms with van der Waals surface area (Å²) in [6.45, 7) is 7.67. The summed E-state index contributed by atoms with van der Waals surface area (Å²) in [5.41, 5.74) is 2.22. The Bertz CT molecular complexity index is 339. The number of pyridine rings is 1. The maximum absolute atomic E-state index is 4.28. The van der Waals surface area contributed by atoms with Crippen LogP contribution < -0.4 is 10.6 Å². The minimum absolute atomic E-state index is 0.514. The number of aromatic nitrogens is 1. The van der Waals surface area contributed by atoms with Crippen molar-refractivity contribution in [3.8, 4) is 0 Å². The van der Waals surface area contributed by atoms with Crippen molar-refractivity contribution in [2.45, 2.75) is 65.3 Å². The molecule has 0 aliphatic rings. The number of anilines is 2. The number of rotatable bonds is 10.